The van der Waals surface area contributed by atoms with Crippen molar-refractivity contribution in [3.8, 4) is 0 Å². The van der Waals surface area contributed by atoms with Crippen molar-refractivity contribution in [3.63, 3.8) is 0 Å². The van der Waals surface area contributed by atoms with Crippen molar-refractivity contribution in [3.05, 3.63) is 18.2 Å². The summed E-state index contributed by atoms with van der Waals surface area (Å²) in [5.74, 6) is 0. The lowest BCUT2D eigenvalue weighted by atomic mass is 10.0. The van der Waals surface area contributed by atoms with Crippen LogP contribution in [-0.4, -0.2) is 70.2 Å². The van der Waals surface area contributed by atoms with Gasteiger partial charge >= 0.3 is 0 Å². The number of nitrogens with zero attached hydrogens (tertiary/aromatic N) is 5. The van der Waals surface area contributed by atoms with Gasteiger partial charge in [0.2, 0.25) is 10.0 Å². The van der Waals surface area contributed by atoms with Crippen molar-refractivity contribution in [2.75, 3.05) is 26.2 Å². The molecule has 9 heteroatoms. The molecule has 2 saturated heterocycles. The Morgan fingerprint density at radius 2 is 1.76 bits per heavy atom. The Bertz CT molecular complexity index is 852. The lowest BCUT2D eigenvalue weighted by Gasteiger charge is -2.39. The SMILES string of the molecule is O=S(=O)(c1ccc2nnn(O)c2c1)N1CCC(N2CCCCC2)CC1. The number of sulfonamides is 1. The second-order valence-corrected chi connectivity index (χ2v) is 8.80. The molecule has 0 spiro atoms. The van der Waals surface area contributed by atoms with Crippen LogP contribution >= 0.6 is 0 Å². The zero-order valence-electron chi connectivity index (χ0n) is 14.1. The molecule has 2 fully saturated rings. The summed E-state index contributed by atoms with van der Waals surface area (Å²) in [7, 11) is -3.57. The number of rotatable bonds is 3. The van der Waals surface area contributed by atoms with Crippen molar-refractivity contribution in [2.24, 2.45) is 0 Å². The summed E-state index contributed by atoms with van der Waals surface area (Å²) in [5, 5.41) is 16.9. The standard InChI is InChI=1S/C16H23N5O3S/c22-21-16-12-14(4-5-15(16)17-18-21)25(23,24)20-10-6-13(7-11-20)19-8-2-1-3-9-19/h4-5,12-13,22H,1-3,6-11H2. The Morgan fingerprint density at radius 3 is 2.48 bits per heavy atom. The topological polar surface area (TPSA) is 91.6 Å². The van der Waals surface area contributed by atoms with E-state index in [1.54, 1.807) is 10.4 Å². The smallest absolute Gasteiger partial charge is 0.243 e. The number of piperidine rings is 2. The van der Waals surface area contributed by atoms with Gasteiger partial charge in [-0.05, 0) is 62.2 Å². The second-order valence-electron chi connectivity index (χ2n) is 6.86. The van der Waals surface area contributed by atoms with Gasteiger partial charge in [0.25, 0.3) is 0 Å². The molecule has 8 nitrogen and oxygen atoms in total. The van der Waals surface area contributed by atoms with Crippen LogP contribution in [0.5, 0.6) is 0 Å². The summed E-state index contributed by atoms with van der Waals surface area (Å²) >= 11 is 0. The molecule has 0 amide bonds. The highest BCUT2D eigenvalue weighted by Gasteiger charge is 2.32. The molecule has 0 atom stereocenters. The first-order valence-electron chi connectivity index (χ1n) is 8.84. The van der Waals surface area contributed by atoms with Crippen LogP contribution < -0.4 is 0 Å². The summed E-state index contributed by atoms with van der Waals surface area (Å²) in [6.07, 6.45) is 5.56. The Hall–Kier alpha value is -1.71. The van der Waals surface area contributed by atoms with E-state index in [0.29, 0.717) is 35.0 Å². The van der Waals surface area contributed by atoms with Crippen LogP contribution in [0.15, 0.2) is 23.1 Å². The van der Waals surface area contributed by atoms with Crippen LogP contribution in [-0.2, 0) is 10.0 Å². The van der Waals surface area contributed by atoms with Gasteiger partial charge in [-0.15, -0.1) is 5.10 Å². The van der Waals surface area contributed by atoms with E-state index in [0.717, 1.165) is 25.9 Å². The van der Waals surface area contributed by atoms with Crippen molar-refractivity contribution in [1.82, 2.24) is 24.4 Å². The van der Waals surface area contributed by atoms with Crippen molar-refractivity contribution in [1.29, 1.82) is 0 Å². The summed E-state index contributed by atoms with van der Waals surface area (Å²) in [6, 6.07) is 5.03. The first kappa shape index (κ1) is 16.7. The normalized spacial score (nSPS) is 21.8. The van der Waals surface area contributed by atoms with E-state index in [2.05, 4.69) is 15.2 Å². The third-order valence-corrected chi connectivity index (χ3v) is 7.26. The number of fused-ring (bicyclic) bond motifs is 1. The average molecular weight is 365 g/mol. The Morgan fingerprint density at radius 1 is 1.04 bits per heavy atom. The molecule has 3 heterocycles. The number of aromatic nitrogens is 3. The molecular formula is C16H23N5O3S. The van der Waals surface area contributed by atoms with E-state index in [-0.39, 0.29) is 4.90 Å². The Kier molecular flexibility index (Phi) is 4.38. The fourth-order valence-corrected chi connectivity index (χ4v) is 5.42. The Labute approximate surface area is 147 Å². The predicted molar refractivity (Wildman–Crippen MR) is 91.9 cm³/mol. The number of hydrogen-bond acceptors (Lipinski definition) is 6. The van der Waals surface area contributed by atoms with Crippen molar-refractivity contribution in [2.45, 2.75) is 43.0 Å². The lowest BCUT2D eigenvalue weighted by Crippen LogP contribution is -2.48. The first-order valence-corrected chi connectivity index (χ1v) is 10.3. The quantitative estimate of drug-likeness (QED) is 0.825. The molecule has 2 aromatic rings. The second kappa shape index (κ2) is 6.54. The van der Waals surface area contributed by atoms with Crippen LogP contribution in [0.2, 0.25) is 0 Å². The van der Waals surface area contributed by atoms with Gasteiger partial charge in [0.15, 0.2) is 0 Å². The fraction of sp³-hybridized carbons (Fsp3) is 0.625. The molecule has 25 heavy (non-hydrogen) atoms. The van der Waals surface area contributed by atoms with Gasteiger partial charge < -0.3 is 10.1 Å². The monoisotopic (exact) mass is 365 g/mol. The predicted octanol–water partition coefficient (Wildman–Crippen LogP) is 1.31. The van der Waals surface area contributed by atoms with Crippen LogP contribution in [0, 0.1) is 0 Å². The molecule has 4 rings (SSSR count). The molecule has 0 unspecified atom stereocenters. The van der Waals surface area contributed by atoms with Crippen LogP contribution in [0.4, 0.5) is 0 Å². The molecule has 2 aliphatic heterocycles. The highest BCUT2D eigenvalue weighted by molar-refractivity contribution is 7.89. The first-order chi connectivity index (χ1) is 12.1. The third-order valence-electron chi connectivity index (χ3n) is 5.37. The largest absolute Gasteiger partial charge is 0.410 e. The molecule has 0 saturated carbocycles. The average Bonchev–Trinajstić information content (AvgIpc) is 3.03. The third kappa shape index (κ3) is 3.11. The van der Waals surface area contributed by atoms with Crippen molar-refractivity contribution >= 4 is 21.1 Å². The maximum atomic E-state index is 12.9. The molecule has 0 radical (unpaired) electrons. The maximum Gasteiger partial charge on any atom is 0.243 e. The van der Waals surface area contributed by atoms with E-state index in [4.69, 9.17) is 0 Å². The summed E-state index contributed by atoms with van der Waals surface area (Å²) in [4.78, 5) is 3.31. The summed E-state index contributed by atoms with van der Waals surface area (Å²) < 4.78 is 27.4. The van der Waals surface area contributed by atoms with Crippen LogP contribution in [0.3, 0.4) is 0 Å². The number of benzene rings is 1. The van der Waals surface area contributed by atoms with E-state index < -0.39 is 10.0 Å². The lowest BCUT2D eigenvalue weighted by molar-refractivity contribution is 0.118. The highest BCUT2D eigenvalue weighted by atomic mass is 32.2. The molecule has 136 valence electrons. The van der Waals surface area contributed by atoms with E-state index in [1.807, 2.05) is 0 Å². The number of likely N-dealkylation sites (tertiary alicyclic amines) is 1. The van der Waals surface area contributed by atoms with Crippen molar-refractivity contribution < 1.29 is 13.6 Å². The minimum Gasteiger partial charge on any atom is -0.410 e. The maximum absolute atomic E-state index is 12.9. The van der Waals surface area contributed by atoms with Gasteiger partial charge in [0, 0.05) is 19.1 Å². The van der Waals surface area contributed by atoms with E-state index in [1.165, 1.54) is 31.4 Å². The van der Waals surface area contributed by atoms with E-state index in [9.17, 15) is 13.6 Å². The molecule has 1 N–H and O–H groups in total. The molecule has 0 bridgehead atoms. The van der Waals surface area contributed by atoms with Gasteiger partial charge in [-0.1, -0.05) is 11.3 Å². The molecular weight excluding hydrogens is 342 g/mol. The highest BCUT2D eigenvalue weighted by Crippen LogP contribution is 2.26. The Balaban J connectivity index is 1.49. The summed E-state index contributed by atoms with van der Waals surface area (Å²) in [6.45, 7) is 3.36. The molecule has 0 aliphatic carbocycles. The zero-order valence-corrected chi connectivity index (χ0v) is 14.9. The molecule has 1 aromatic heterocycles. The minimum atomic E-state index is -3.57. The van der Waals surface area contributed by atoms with E-state index >= 15 is 0 Å². The van der Waals surface area contributed by atoms with Crippen LogP contribution in [0.25, 0.3) is 11.0 Å². The zero-order chi connectivity index (χ0) is 17.4. The van der Waals surface area contributed by atoms with Gasteiger partial charge in [0.05, 0.1) is 4.90 Å². The van der Waals surface area contributed by atoms with Gasteiger partial charge in [-0.3, -0.25) is 0 Å². The number of hydrogen-bond donors (Lipinski definition) is 1. The summed E-state index contributed by atoms with van der Waals surface area (Å²) in [5.41, 5.74) is 0.759. The van der Waals surface area contributed by atoms with Gasteiger partial charge in [-0.2, -0.15) is 4.31 Å². The minimum absolute atomic E-state index is 0.175. The van der Waals surface area contributed by atoms with Gasteiger partial charge in [-0.25, -0.2) is 8.42 Å². The molecule has 2 aliphatic rings. The van der Waals surface area contributed by atoms with Crippen LogP contribution in [0.1, 0.15) is 32.1 Å². The van der Waals surface area contributed by atoms with Gasteiger partial charge in [0.1, 0.15) is 11.0 Å². The fourth-order valence-electron chi connectivity index (χ4n) is 3.93. The molecule has 1 aromatic carbocycles.